The van der Waals surface area contributed by atoms with Crippen LogP contribution in [0.15, 0.2) is 29.4 Å². The lowest BCUT2D eigenvalue weighted by atomic mass is 10.3. The van der Waals surface area contributed by atoms with Crippen LogP contribution in [0.5, 0.6) is 0 Å². The summed E-state index contributed by atoms with van der Waals surface area (Å²) in [5.41, 5.74) is 0.736. The molecule has 0 unspecified atom stereocenters. The maximum atomic E-state index is 10.2. The summed E-state index contributed by atoms with van der Waals surface area (Å²) in [6, 6.07) is 5.19. The average molecular weight is 175 g/mol. The highest BCUT2D eigenvalue weighted by molar-refractivity contribution is 6.30. The van der Waals surface area contributed by atoms with Crippen LogP contribution in [0.2, 0.25) is 0 Å². The van der Waals surface area contributed by atoms with Gasteiger partial charge in [-0.05, 0) is 19.1 Å². The van der Waals surface area contributed by atoms with Gasteiger partial charge in [-0.3, -0.25) is 15.2 Å². The van der Waals surface area contributed by atoms with Crippen LogP contribution < -0.4 is 0 Å². The van der Waals surface area contributed by atoms with Crippen molar-refractivity contribution in [1.82, 2.24) is 4.98 Å². The van der Waals surface area contributed by atoms with Crippen molar-refractivity contribution in [2.24, 2.45) is 4.99 Å². The molecule has 0 bridgehead atoms. The lowest BCUT2D eigenvalue weighted by molar-refractivity contribution is -0.102. The summed E-state index contributed by atoms with van der Waals surface area (Å²) >= 11 is 0. The van der Waals surface area contributed by atoms with Crippen molar-refractivity contribution in [2.75, 3.05) is 0 Å². The highest BCUT2D eigenvalue weighted by Crippen LogP contribution is 1.95. The zero-order valence-corrected chi connectivity index (χ0v) is 7.19. The number of amidine groups is 1. The molecule has 1 heterocycles. The Morgan fingerprint density at radius 2 is 2.38 bits per heavy atom. The number of aliphatic imine (C=N–C) groups is 1. The van der Waals surface area contributed by atoms with Crippen molar-refractivity contribution in [3.63, 3.8) is 0 Å². The van der Waals surface area contributed by atoms with Crippen LogP contribution in [0.4, 0.5) is 0 Å². The first-order valence-corrected chi connectivity index (χ1v) is 3.74. The number of carbonyl (C=O) groups excluding carboxylic acids is 1. The van der Waals surface area contributed by atoms with E-state index in [1.54, 1.807) is 31.3 Å². The number of pyridine rings is 1. The van der Waals surface area contributed by atoms with E-state index in [4.69, 9.17) is 5.41 Å². The van der Waals surface area contributed by atoms with Crippen LogP contribution >= 0.6 is 0 Å². The third-order valence-corrected chi connectivity index (χ3v) is 1.37. The average Bonchev–Trinajstić information content (AvgIpc) is 2.19. The lowest BCUT2D eigenvalue weighted by Crippen LogP contribution is -2.02. The Morgan fingerprint density at radius 3 is 2.92 bits per heavy atom. The highest BCUT2D eigenvalue weighted by Gasteiger charge is 1.99. The monoisotopic (exact) mass is 175 g/mol. The molecule has 1 aromatic heterocycles. The zero-order valence-electron chi connectivity index (χ0n) is 7.19. The van der Waals surface area contributed by atoms with E-state index < -0.39 is 0 Å². The van der Waals surface area contributed by atoms with Crippen molar-refractivity contribution in [3.05, 3.63) is 30.1 Å². The molecular formula is C9H9N3O. The highest BCUT2D eigenvalue weighted by atomic mass is 16.1. The van der Waals surface area contributed by atoms with Gasteiger partial charge in [0.15, 0.2) is 12.1 Å². The molecule has 4 heteroatoms. The van der Waals surface area contributed by atoms with Crippen LogP contribution in [0.3, 0.4) is 0 Å². The van der Waals surface area contributed by atoms with Gasteiger partial charge in [0.25, 0.3) is 0 Å². The molecule has 0 spiro atoms. The second-order valence-corrected chi connectivity index (χ2v) is 2.43. The minimum absolute atomic E-state index is 0.00481. The van der Waals surface area contributed by atoms with Crippen molar-refractivity contribution in [1.29, 1.82) is 5.41 Å². The van der Waals surface area contributed by atoms with Crippen molar-refractivity contribution >= 4 is 17.8 Å². The number of nitrogens with one attached hydrogen (secondary N) is 1. The smallest absolute Gasteiger partial charge is 0.171 e. The molecule has 0 fully saturated rings. The summed E-state index contributed by atoms with van der Waals surface area (Å²) in [6.07, 6.45) is 2.19. The number of hydrogen-bond donors (Lipinski definition) is 1. The van der Waals surface area contributed by atoms with Crippen LogP contribution in [-0.2, 0) is 4.79 Å². The number of nitrogens with zero attached hydrogens (tertiary/aromatic N) is 2. The van der Waals surface area contributed by atoms with E-state index in [1.165, 1.54) is 0 Å². The molecule has 0 aliphatic rings. The number of aromatic nitrogens is 1. The molecule has 0 aliphatic heterocycles. The van der Waals surface area contributed by atoms with E-state index in [0.717, 1.165) is 0 Å². The number of carbonyl (C=O) groups is 1. The van der Waals surface area contributed by atoms with E-state index in [-0.39, 0.29) is 11.5 Å². The Hall–Kier alpha value is -1.84. The number of rotatable bonds is 2. The number of hydrogen-bond acceptors (Lipinski definition) is 3. The fourth-order valence-electron chi connectivity index (χ4n) is 0.763. The Bertz CT molecular complexity index is 343. The van der Waals surface area contributed by atoms with E-state index in [2.05, 4.69) is 9.98 Å². The second kappa shape index (κ2) is 4.25. The molecule has 0 amide bonds. The van der Waals surface area contributed by atoms with Gasteiger partial charge in [0.1, 0.15) is 5.69 Å². The first-order chi connectivity index (χ1) is 6.24. The fraction of sp³-hybridized carbons (Fsp3) is 0.111. The molecule has 1 N–H and O–H groups in total. The molecule has 66 valence electrons. The Labute approximate surface area is 75.9 Å². The van der Waals surface area contributed by atoms with E-state index in [9.17, 15) is 4.79 Å². The standard InChI is InChI=1S/C9H9N3O/c1-7(6-13)12-9(10)8-4-2-3-5-11-8/h2-6,10H,1H3. The van der Waals surface area contributed by atoms with Gasteiger partial charge in [-0.15, -0.1) is 0 Å². The molecule has 0 atom stereocenters. The normalized spacial score (nSPS) is 11.0. The third kappa shape index (κ3) is 2.59. The summed E-state index contributed by atoms with van der Waals surface area (Å²) in [5.74, 6) is 0.00481. The molecule has 4 nitrogen and oxygen atoms in total. The van der Waals surface area contributed by atoms with Gasteiger partial charge in [-0.25, -0.2) is 4.99 Å². The SMILES string of the molecule is CC(C=O)=NC(=N)c1ccccn1. The summed E-state index contributed by atoms with van der Waals surface area (Å²) in [4.78, 5) is 17.9. The maximum Gasteiger partial charge on any atom is 0.171 e. The van der Waals surface area contributed by atoms with E-state index in [0.29, 0.717) is 12.0 Å². The molecule has 0 saturated carbocycles. The first kappa shape index (κ1) is 9.25. The van der Waals surface area contributed by atoms with Gasteiger partial charge in [0.05, 0.1) is 5.71 Å². The molecule has 0 aromatic carbocycles. The Kier molecular flexibility index (Phi) is 3.03. The topological polar surface area (TPSA) is 66.2 Å². The quantitative estimate of drug-likeness (QED) is 0.415. The zero-order chi connectivity index (χ0) is 9.68. The van der Waals surface area contributed by atoms with Gasteiger partial charge >= 0.3 is 0 Å². The third-order valence-electron chi connectivity index (χ3n) is 1.37. The molecule has 0 radical (unpaired) electrons. The largest absolute Gasteiger partial charge is 0.297 e. The van der Waals surface area contributed by atoms with Crippen LogP contribution in [0.1, 0.15) is 12.6 Å². The fourth-order valence-corrected chi connectivity index (χ4v) is 0.763. The second-order valence-electron chi connectivity index (χ2n) is 2.43. The molecule has 0 aliphatic carbocycles. The molecule has 1 rings (SSSR count). The molecule has 13 heavy (non-hydrogen) atoms. The molecule has 1 aromatic rings. The minimum Gasteiger partial charge on any atom is -0.297 e. The summed E-state index contributed by atoms with van der Waals surface area (Å²) in [6.45, 7) is 1.55. The molecule has 0 saturated heterocycles. The van der Waals surface area contributed by atoms with Gasteiger partial charge in [-0.2, -0.15) is 0 Å². The van der Waals surface area contributed by atoms with Crippen LogP contribution in [0.25, 0.3) is 0 Å². The van der Waals surface area contributed by atoms with E-state index >= 15 is 0 Å². The lowest BCUT2D eigenvalue weighted by Gasteiger charge is -1.95. The van der Waals surface area contributed by atoms with Crippen LogP contribution in [-0.4, -0.2) is 22.8 Å². The summed E-state index contributed by atoms with van der Waals surface area (Å²) < 4.78 is 0. The van der Waals surface area contributed by atoms with E-state index in [1.807, 2.05) is 0 Å². The van der Waals surface area contributed by atoms with Crippen LogP contribution in [0, 0.1) is 5.41 Å². The molecular weight excluding hydrogens is 166 g/mol. The van der Waals surface area contributed by atoms with Gasteiger partial charge in [-0.1, -0.05) is 6.07 Å². The van der Waals surface area contributed by atoms with Gasteiger partial charge < -0.3 is 0 Å². The summed E-state index contributed by atoms with van der Waals surface area (Å²) in [5, 5.41) is 7.45. The van der Waals surface area contributed by atoms with Crippen molar-refractivity contribution < 1.29 is 4.79 Å². The predicted octanol–water partition coefficient (Wildman–Crippen LogP) is 1.07. The number of aldehydes is 1. The summed E-state index contributed by atoms with van der Waals surface area (Å²) in [7, 11) is 0. The van der Waals surface area contributed by atoms with Gasteiger partial charge in [0, 0.05) is 6.20 Å². The minimum atomic E-state index is 0.00481. The van der Waals surface area contributed by atoms with Crippen molar-refractivity contribution in [2.45, 2.75) is 6.92 Å². The Balaban J connectivity index is 2.87. The van der Waals surface area contributed by atoms with Crippen molar-refractivity contribution in [3.8, 4) is 0 Å². The van der Waals surface area contributed by atoms with Gasteiger partial charge in [0.2, 0.25) is 0 Å². The predicted molar refractivity (Wildman–Crippen MR) is 50.2 cm³/mol. The Morgan fingerprint density at radius 1 is 1.62 bits per heavy atom. The first-order valence-electron chi connectivity index (χ1n) is 3.74. The maximum absolute atomic E-state index is 10.2.